The van der Waals surface area contributed by atoms with Crippen molar-refractivity contribution in [2.45, 2.75) is 187 Å². The lowest BCUT2D eigenvalue weighted by atomic mass is 10.0. The molecule has 0 aliphatic carbocycles. The van der Waals surface area contributed by atoms with Crippen LogP contribution in [0.4, 0.5) is 0 Å². The lowest BCUT2D eigenvalue weighted by Gasteiger charge is -2.12. The van der Waals surface area contributed by atoms with Crippen molar-refractivity contribution < 1.29 is 24.2 Å². The predicted molar refractivity (Wildman–Crippen MR) is 205 cm³/mol. The quantitative estimate of drug-likeness (QED) is 0.0413. The number of carbonyl (C=O) groups is 2. The van der Waals surface area contributed by atoms with Crippen LogP contribution in [0.3, 0.4) is 0 Å². The Morgan fingerprint density at radius 3 is 1.19 bits per heavy atom. The summed E-state index contributed by atoms with van der Waals surface area (Å²) in [5.41, 5.74) is 0. The minimum absolute atomic E-state index is 0.134. The van der Waals surface area contributed by atoms with Gasteiger partial charge in [0, 0.05) is 12.8 Å². The summed E-state index contributed by atoms with van der Waals surface area (Å²) in [6.07, 6.45) is 49.9. The molecule has 0 fully saturated rings. The van der Waals surface area contributed by atoms with Gasteiger partial charge in [0.25, 0.3) is 0 Å². The number of esters is 2. The Balaban J connectivity index is 3.52. The highest BCUT2D eigenvalue weighted by Gasteiger charge is 2.12. The normalized spacial score (nSPS) is 12.8. The first kappa shape index (κ1) is 45.6. The number of hydrogen-bond donors (Lipinski definition) is 1. The van der Waals surface area contributed by atoms with Crippen molar-refractivity contribution in [3.63, 3.8) is 0 Å². The standard InChI is InChI=1S/C43H74O5/c1-3-5-7-9-11-13-15-17-19-21-23-25-27-29-31-33-35-37-42(45)47-39-41(44)40-48-43(46)38-36-34-32-30-28-26-24-22-20-18-16-14-12-10-8-6-4-2/h5,7,11,13,17,19,23,25,29,31,41,44H,3-4,6,8-10,12,14-16,18,20-22,24,26-28,30,32-40H2,1-2H3/b7-5-,13-11-,19-17-,25-23-,31-29-/t41-/m0/s1. The molecule has 0 radical (unpaired) electrons. The highest BCUT2D eigenvalue weighted by atomic mass is 16.6. The van der Waals surface area contributed by atoms with Gasteiger partial charge in [-0.05, 0) is 51.4 Å². The fourth-order valence-corrected chi connectivity index (χ4v) is 5.30. The molecular formula is C43H74O5. The van der Waals surface area contributed by atoms with Gasteiger partial charge >= 0.3 is 11.9 Å². The summed E-state index contributed by atoms with van der Waals surface area (Å²) in [6, 6.07) is 0. The number of carbonyl (C=O) groups excluding carboxylic acids is 2. The topological polar surface area (TPSA) is 72.8 Å². The van der Waals surface area contributed by atoms with E-state index in [9.17, 15) is 14.7 Å². The molecular weight excluding hydrogens is 596 g/mol. The van der Waals surface area contributed by atoms with Gasteiger partial charge in [0.05, 0.1) is 0 Å². The number of hydrogen-bond acceptors (Lipinski definition) is 5. The van der Waals surface area contributed by atoms with E-state index >= 15 is 0 Å². The van der Waals surface area contributed by atoms with Crippen LogP contribution in [0, 0.1) is 0 Å². The second-order valence-electron chi connectivity index (χ2n) is 13.0. The molecule has 0 heterocycles. The molecule has 0 saturated heterocycles. The van der Waals surface area contributed by atoms with Crippen LogP contribution in [-0.4, -0.2) is 36.4 Å². The molecule has 0 rings (SSSR count). The van der Waals surface area contributed by atoms with Crippen molar-refractivity contribution in [2.24, 2.45) is 0 Å². The highest BCUT2D eigenvalue weighted by molar-refractivity contribution is 5.69. The molecule has 0 aromatic heterocycles. The third-order valence-electron chi connectivity index (χ3n) is 8.27. The van der Waals surface area contributed by atoms with Crippen LogP contribution in [0.15, 0.2) is 60.8 Å². The number of rotatable bonds is 35. The fraction of sp³-hybridized carbons (Fsp3) is 0.721. The van der Waals surface area contributed by atoms with E-state index in [1.54, 1.807) is 0 Å². The number of unbranched alkanes of at least 4 members (excludes halogenated alkanes) is 17. The minimum atomic E-state index is -0.987. The predicted octanol–water partition coefficient (Wildman–Crippen LogP) is 12.4. The zero-order chi connectivity index (χ0) is 35.0. The van der Waals surface area contributed by atoms with Crippen molar-refractivity contribution in [1.82, 2.24) is 0 Å². The Labute approximate surface area is 296 Å². The van der Waals surface area contributed by atoms with Gasteiger partial charge in [-0.2, -0.15) is 0 Å². The second-order valence-corrected chi connectivity index (χ2v) is 13.0. The molecule has 0 spiro atoms. The molecule has 1 N–H and O–H groups in total. The van der Waals surface area contributed by atoms with E-state index in [1.165, 1.54) is 89.9 Å². The Hall–Kier alpha value is -2.40. The smallest absolute Gasteiger partial charge is 0.305 e. The minimum Gasteiger partial charge on any atom is -0.463 e. The first-order valence-electron chi connectivity index (χ1n) is 19.8. The molecule has 276 valence electrons. The first-order valence-corrected chi connectivity index (χ1v) is 19.8. The van der Waals surface area contributed by atoms with E-state index in [1.807, 2.05) is 0 Å². The van der Waals surface area contributed by atoms with Crippen LogP contribution < -0.4 is 0 Å². The SMILES string of the molecule is CC/C=C\C/C=C\C/C=C\C/C=C\C/C=C\CCCC(=O)OC[C@H](O)COC(=O)CCCCCCCCCCCCCCCCCCC. The average molecular weight is 671 g/mol. The van der Waals surface area contributed by atoms with Gasteiger partial charge < -0.3 is 14.6 Å². The summed E-state index contributed by atoms with van der Waals surface area (Å²) in [4.78, 5) is 23.9. The molecule has 48 heavy (non-hydrogen) atoms. The number of allylic oxidation sites excluding steroid dienone is 10. The van der Waals surface area contributed by atoms with Crippen molar-refractivity contribution in [1.29, 1.82) is 0 Å². The zero-order valence-electron chi connectivity index (χ0n) is 31.2. The van der Waals surface area contributed by atoms with E-state index in [0.29, 0.717) is 19.3 Å². The van der Waals surface area contributed by atoms with Gasteiger partial charge in [-0.15, -0.1) is 0 Å². The Morgan fingerprint density at radius 2 is 0.792 bits per heavy atom. The van der Waals surface area contributed by atoms with Crippen LogP contribution >= 0.6 is 0 Å². The monoisotopic (exact) mass is 671 g/mol. The van der Waals surface area contributed by atoms with E-state index < -0.39 is 6.10 Å². The molecule has 0 aliphatic rings. The summed E-state index contributed by atoms with van der Waals surface area (Å²) >= 11 is 0. The summed E-state index contributed by atoms with van der Waals surface area (Å²) in [5.74, 6) is -0.630. The first-order chi connectivity index (χ1) is 23.6. The average Bonchev–Trinajstić information content (AvgIpc) is 3.09. The molecule has 0 aromatic rings. The summed E-state index contributed by atoms with van der Waals surface area (Å²) < 4.78 is 10.3. The second kappa shape index (κ2) is 39.0. The van der Waals surface area contributed by atoms with Crippen molar-refractivity contribution in [3.05, 3.63) is 60.8 Å². The number of aliphatic hydroxyl groups excluding tert-OH is 1. The van der Waals surface area contributed by atoms with Gasteiger partial charge in [0.2, 0.25) is 0 Å². The maximum atomic E-state index is 12.0. The van der Waals surface area contributed by atoms with Gasteiger partial charge in [-0.3, -0.25) is 9.59 Å². The lowest BCUT2D eigenvalue weighted by molar-refractivity contribution is -0.152. The zero-order valence-corrected chi connectivity index (χ0v) is 31.2. The van der Waals surface area contributed by atoms with Gasteiger partial charge in [-0.1, -0.05) is 177 Å². The number of aliphatic hydroxyl groups is 1. The maximum Gasteiger partial charge on any atom is 0.305 e. The molecule has 0 aromatic carbocycles. The van der Waals surface area contributed by atoms with Crippen molar-refractivity contribution >= 4 is 11.9 Å². The third-order valence-corrected chi connectivity index (χ3v) is 8.27. The van der Waals surface area contributed by atoms with Gasteiger partial charge in [0.1, 0.15) is 19.3 Å². The van der Waals surface area contributed by atoms with Crippen LogP contribution in [0.2, 0.25) is 0 Å². The molecule has 0 unspecified atom stereocenters. The van der Waals surface area contributed by atoms with E-state index in [0.717, 1.165) is 57.8 Å². The molecule has 0 amide bonds. The molecule has 1 atom stereocenters. The largest absolute Gasteiger partial charge is 0.463 e. The van der Waals surface area contributed by atoms with Crippen LogP contribution in [0.1, 0.15) is 181 Å². The van der Waals surface area contributed by atoms with Gasteiger partial charge in [-0.25, -0.2) is 0 Å². The Kier molecular flexibility index (Phi) is 37.1. The number of ether oxygens (including phenoxy) is 2. The summed E-state index contributed by atoms with van der Waals surface area (Å²) in [5, 5.41) is 10.0. The fourth-order valence-electron chi connectivity index (χ4n) is 5.30. The Morgan fingerprint density at radius 1 is 0.458 bits per heavy atom. The Bertz CT molecular complexity index is 853. The summed E-state index contributed by atoms with van der Waals surface area (Å²) in [7, 11) is 0. The summed E-state index contributed by atoms with van der Waals surface area (Å²) in [6.45, 7) is 4.14. The molecule has 0 aliphatic heterocycles. The van der Waals surface area contributed by atoms with Crippen molar-refractivity contribution in [3.8, 4) is 0 Å². The van der Waals surface area contributed by atoms with E-state index in [4.69, 9.17) is 9.47 Å². The van der Waals surface area contributed by atoms with Crippen LogP contribution in [0.25, 0.3) is 0 Å². The molecule has 5 nitrogen and oxygen atoms in total. The van der Waals surface area contributed by atoms with Crippen LogP contribution in [-0.2, 0) is 19.1 Å². The highest BCUT2D eigenvalue weighted by Crippen LogP contribution is 2.14. The lowest BCUT2D eigenvalue weighted by Crippen LogP contribution is -2.25. The van der Waals surface area contributed by atoms with Crippen molar-refractivity contribution in [2.75, 3.05) is 13.2 Å². The molecule has 0 bridgehead atoms. The van der Waals surface area contributed by atoms with E-state index in [2.05, 4.69) is 74.6 Å². The molecule has 0 saturated carbocycles. The van der Waals surface area contributed by atoms with E-state index in [-0.39, 0.29) is 25.2 Å². The maximum absolute atomic E-state index is 12.0. The van der Waals surface area contributed by atoms with Gasteiger partial charge in [0.15, 0.2) is 0 Å². The third kappa shape index (κ3) is 38.1. The molecule has 5 heteroatoms. The van der Waals surface area contributed by atoms with Crippen LogP contribution in [0.5, 0.6) is 0 Å².